The van der Waals surface area contributed by atoms with Crippen molar-refractivity contribution in [1.82, 2.24) is 10.2 Å². The number of hydrogen-bond acceptors (Lipinski definition) is 2. The van der Waals surface area contributed by atoms with Crippen LogP contribution < -0.4 is 5.32 Å². The fourth-order valence-corrected chi connectivity index (χ4v) is 3.66. The SMILES string of the molecule is CC1CCNC(C)(C2CC2)CN1Cc1ccc(F)c(Cl)c1. The maximum Gasteiger partial charge on any atom is 0.141 e. The molecule has 1 saturated carbocycles. The first-order chi connectivity index (χ1) is 9.98. The molecule has 1 N–H and O–H groups in total. The monoisotopic (exact) mass is 310 g/mol. The Kier molecular flexibility index (Phi) is 4.26. The third-order valence-corrected chi connectivity index (χ3v) is 5.38. The smallest absolute Gasteiger partial charge is 0.141 e. The number of halogens is 2. The van der Waals surface area contributed by atoms with Gasteiger partial charge < -0.3 is 5.32 Å². The number of hydrogen-bond donors (Lipinski definition) is 1. The highest BCUT2D eigenvalue weighted by Gasteiger charge is 2.43. The number of rotatable bonds is 3. The van der Waals surface area contributed by atoms with E-state index in [1.54, 1.807) is 6.07 Å². The van der Waals surface area contributed by atoms with E-state index in [2.05, 4.69) is 24.1 Å². The highest BCUT2D eigenvalue weighted by atomic mass is 35.5. The van der Waals surface area contributed by atoms with Crippen molar-refractivity contribution in [1.29, 1.82) is 0 Å². The molecule has 2 nitrogen and oxygen atoms in total. The van der Waals surface area contributed by atoms with Crippen LogP contribution >= 0.6 is 11.6 Å². The van der Waals surface area contributed by atoms with Gasteiger partial charge in [-0.1, -0.05) is 17.7 Å². The van der Waals surface area contributed by atoms with E-state index in [-0.39, 0.29) is 16.4 Å². The van der Waals surface area contributed by atoms with E-state index < -0.39 is 0 Å². The van der Waals surface area contributed by atoms with Crippen molar-refractivity contribution in [3.05, 3.63) is 34.6 Å². The summed E-state index contributed by atoms with van der Waals surface area (Å²) in [5, 5.41) is 3.98. The van der Waals surface area contributed by atoms with Gasteiger partial charge in [0.1, 0.15) is 5.82 Å². The molecule has 2 aliphatic rings. The third-order valence-electron chi connectivity index (χ3n) is 5.09. The lowest BCUT2D eigenvalue weighted by molar-refractivity contribution is 0.155. The van der Waals surface area contributed by atoms with Gasteiger partial charge in [-0.25, -0.2) is 4.39 Å². The molecule has 116 valence electrons. The topological polar surface area (TPSA) is 15.3 Å². The van der Waals surface area contributed by atoms with Gasteiger partial charge in [-0.05, 0) is 63.3 Å². The Morgan fingerprint density at radius 2 is 2.14 bits per heavy atom. The average Bonchev–Trinajstić information content (AvgIpc) is 3.26. The summed E-state index contributed by atoms with van der Waals surface area (Å²) in [6.45, 7) is 7.60. The molecule has 2 fully saturated rings. The molecule has 1 heterocycles. The van der Waals surface area contributed by atoms with Gasteiger partial charge in [-0.3, -0.25) is 4.90 Å². The van der Waals surface area contributed by atoms with Crippen LogP contribution in [0.1, 0.15) is 38.7 Å². The minimum atomic E-state index is -0.339. The van der Waals surface area contributed by atoms with E-state index >= 15 is 0 Å². The first-order valence-electron chi connectivity index (χ1n) is 7.91. The van der Waals surface area contributed by atoms with Crippen molar-refractivity contribution in [3.8, 4) is 0 Å². The second-order valence-corrected chi connectivity index (χ2v) is 7.32. The Balaban J connectivity index is 1.76. The highest BCUT2D eigenvalue weighted by Crippen LogP contribution is 2.41. The van der Waals surface area contributed by atoms with Crippen molar-refractivity contribution in [3.63, 3.8) is 0 Å². The third kappa shape index (κ3) is 3.41. The second-order valence-electron chi connectivity index (χ2n) is 6.91. The molecular weight excluding hydrogens is 287 g/mol. The van der Waals surface area contributed by atoms with Crippen LogP contribution in [0.25, 0.3) is 0 Å². The van der Waals surface area contributed by atoms with Gasteiger partial charge >= 0.3 is 0 Å². The zero-order valence-electron chi connectivity index (χ0n) is 12.8. The van der Waals surface area contributed by atoms with E-state index in [9.17, 15) is 4.39 Å². The standard InChI is InChI=1S/C17H24ClFN2/c1-12-7-8-20-17(2,14-4-5-14)11-21(12)10-13-3-6-16(19)15(18)9-13/h3,6,9,12,14,20H,4-5,7-8,10-11H2,1-2H3. The predicted octanol–water partition coefficient (Wildman–Crippen LogP) is 3.83. The summed E-state index contributed by atoms with van der Waals surface area (Å²) in [6, 6.07) is 5.61. The molecule has 2 atom stereocenters. The summed E-state index contributed by atoms with van der Waals surface area (Å²) < 4.78 is 13.3. The van der Waals surface area contributed by atoms with Crippen molar-refractivity contribution in [2.75, 3.05) is 13.1 Å². The number of nitrogens with zero attached hydrogens (tertiary/aromatic N) is 1. The van der Waals surface area contributed by atoms with Crippen LogP contribution in [0.15, 0.2) is 18.2 Å². The molecule has 0 aromatic heterocycles. The van der Waals surface area contributed by atoms with Gasteiger partial charge in [0, 0.05) is 24.7 Å². The molecule has 1 aromatic carbocycles. The minimum Gasteiger partial charge on any atom is -0.310 e. The van der Waals surface area contributed by atoms with Gasteiger partial charge in [-0.2, -0.15) is 0 Å². The Morgan fingerprint density at radius 3 is 2.81 bits per heavy atom. The van der Waals surface area contributed by atoms with E-state index in [4.69, 9.17) is 11.6 Å². The van der Waals surface area contributed by atoms with Gasteiger partial charge in [-0.15, -0.1) is 0 Å². The molecule has 0 bridgehead atoms. The van der Waals surface area contributed by atoms with Crippen LogP contribution in [-0.4, -0.2) is 29.6 Å². The number of benzene rings is 1. The first-order valence-corrected chi connectivity index (χ1v) is 8.29. The lowest BCUT2D eigenvalue weighted by Crippen LogP contribution is -2.51. The van der Waals surface area contributed by atoms with Gasteiger partial charge in [0.05, 0.1) is 5.02 Å². The molecule has 21 heavy (non-hydrogen) atoms. The Labute approximate surface area is 131 Å². The van der Waals surface area contributed by atoms with Crippen molar-refractivity contribution >= 4 is 11.6 Å². The van der Waals surface area contributed by atoms with E-state index in [1.165, 1.54) is 18.9 Å². The molecular formula is C17H24ClFN2. The quantitative estimate of drug-likeness (QED) is 0.912. The van der Waals surface area contributed by atoms with Crippen LogP contribution in [0.3, 0.4) is 0 Å². The maximum absolute atomic E-state index is 13.3. The van der Waals surface area contributed by atoms with Gasteiger partial charge in [0.15, 0.2) is 0 Å². The molecule has 1 saturated heterocycles. The Bertz CT molecular complexity index is 518. The zero-order chi connectivity index (χ0) is 15.0. The number of nitrogens with one attached hydrogen (secondary N) is 1. The second kappa shape index (κ2) is 5.86. The molecule has 0 radical (unpaired) electrons. The van der Waals surface area contributed by atoms with Crippen molar-refractivity contribution < 1.29 is 4.39 Å². The Hall–Kier alpha value is -0.640. The lowest BCUT2D eigenvalue weighted by atomic mass is 9.95. The average molecular weight is 311 g/mol. The summed E-state index contributed by atoms with van der Waals surface area (Å²) >= 11 is 5.91. The van der Waals surface area contributed by atoms with Crippen LogP contribution in [0.5, 0.6) is 0 Å². The van der Waals surface area contributed by atoms with Crippen molar-refractivity contribution in [2.45, 2.75) is 51.2 Å². The minimum absolute atomic E-state index is 0.217. The zero-order valence-corrected chi connectivity index (χ0v) is 13.6. The fourth-order valence-electron chi connectivity index (χ4n) is 3.46. The largest absolute Gasteiger partial charge is 0.310 e. The van der Waals surface area contributed by atoms with E-state index in [1.807, 2.05) is 6.07 Å². The maximum atomic E-state index is 13.3. The van der Waals surface area contributed by atoms with Crippen molar-refractivity contribution in [2.24, 2.45) is 5.92 Å². The molecule has 3 rings (SSSR count). The summed E-state index contributed by atoms with van der Waals surface area (Å²) in [7, 11) is 0. The van der Waals surface area contributed by atoms with Crippen LogP contribution in [0, 0.1) is 11.7 Å². The molecule has 4 heteroatoms. The van der Waals surface area contributed by atoms with Crippen LogP contribution in [0.2, 0.25) is 5.02 Å². The summed E-state index contributed by atoms with van der Waals surface area (Å²) in [6.07, 6.45) is 3.83. The van der Waals surface area contributed by atoms with E-state index in [0.717, 1.165) is 37.5 Å². The van der Waals surface area contributed by atoms with Crippen LogP contribution in [0.4, 0.5) is 4.39 Å². The summed E-state index contributed by atoms with van der Waals surface area (Å²) in [4.78, 5) is 2.52. The van der Waals surface area contributed by atoms with E-state index in [0.29, 0.717) is 6.04 Å². The molecule has 2 unspecified atom stereocenters. The van der Waals surface area contributed by atoms with Crippen LogP contribution in [-0.2, 0) is 6.54 Å². The molecule has 0 amide bonds. The predicted molar refractivity (Wildman–Crippen MR) is 85.0 cm³/mol. The Morgan fingerprint density at radius 1 is 1.38 bits per heavy atom. The van der Waals surface area contributed by atoms with Gasteiger partial charge in [0.2, 0.25) is 0 Å². The summed E-state index contributed by atoms with van der Waals surface area (Å²) in [5.74, 6) is 0.468. The molecule has 1 aliphatic carbocycles. The lowest BCUT2D eigenvalue weighted by Gasteiger charge is -2.36. The highest BCUT2D eigenvalue weighted by molar-refractivity contribution is 6.30. The van der Waals surface area contributed by atoms with Gasteiger partial charge in [0.25, 0.3) is 0 Å². The first kappa shape index (κ1) is 15.3. The molecule has 1 aromatic rings. The molecule has 1 aliphatic heterocycles. The molecule has 0 spiro atoms. The fraction of sp³-hybridized carbons (Fsp3) is 0.647. The normalized spacial score (nSPS) is 31.1. The summed E-state index contributed by atoms with van der Waals surface area (Å²) in [5.41, 5.74) is 1.31.